The highest BCUT2D eigenvalue weighted by molar-refractivity contribution is 6.39. The van der Waals surface area contributed by atoms with Crippen LogP contribution in [0.15, 0.2) is 42.0 Å². The van der Waals surface area contributed by atoms with E-state index >= 15 is 0 Å². The molecule has 0 aromatic heterocycles. The van der Waals surface area contributed by atoms with Crippen molar-refractivity contribution in [3.63, 3.8) is 0 Å². The second-order valence-corrected chi connectivity index (χ2v) is 6.96. The summed E-state index contributed by atoms with van der Waals surface area (Å²) in [7, 11) is 0. The zero-order valence-corrected chi connectivity index (χ0v) is 16.7. The Balaban J connectivity index is 1.94. The third-order valence-electron chi connectivity index (χ3n) is 4.51. The second kappa shape index (κ2) is 8.20. The van der Waals surface area contributed by atoms with Crippen molar-refractivity contribution in [3.8, 4) is 5.75 Å². The summed E-state index contributed by atoms with van der Waals surface area (Å²) in [4.78, 5) is 49.4. The number of barbiturate groups is 1. The topological polar surface area (TPSA) is 113 Å². The van der Waals surface area contributed by atoms with E-state index in [4.69, 9.17) is 9.84 Å². The molecule has 2 N–H and O–H groups in total. The molecule has 0 atom stereocenters. The molecule has 1 aliphatic heterocycles. The van der Waals surface area contributed by atoms with E-state index in [0.717, 1.165) is 21.6 Å². The number of imide groups is 2. The number of rotatable bonds is 5. The number of aryl methyl sites for hydroxylation is 3. The molecule has 30 heavy (non-hydrogen) atoms. The van der Waals surface area contributed by atoms with Crippen molar-refractivity contribution in [1.82, 2.24) is 5.32 Å². The van der Waals surface area contributed by atoms with Crippen LogP contribution in [0.1, 0.15) is 22.3 Å². The third-order valence-corrected chi connectivity index (χ3v) is 4.51. The molecule has 1 fully saturated rings. The summed E-state index contributed by atoms with van der Waals surface area (Å²) in [6.45, 7) is 5.03. The summed E-state index contributed by atoms with van der Waals surface area (Å²) < 4.78 is 5.06. The Bertz CT molecular complexity index is 1060. The quantitative estimate of drug-likeness (QED) is 0.581. The Kier molecular flexibility index (Phi) is 5.68. The number of nitrogens with zero attached hydrogens (tertiary/aromatic N) is 1. The molecule has 1 heterocycles. The van der Waals surface area contributed by atoms with Crippen LogP contribution < -0.4 is 15.0 Å². The number of carboxylic acid groups (broad SMARTS) is 1. The van der Waals surface area contributed by atoms with E-state index in [2.05, 4.69) is 5.32 Å². The first-order chi connectivity index (χ1) is 14.2. The molecule has 1 saturated heterocycles. The molecular weight excluding hydrogens is 388 g/mol. The van der Waals surface area contributed by atoms with Gasteiger partial charge in [0.1, 0.15) is 11.3 Å². The molecule has 1 aliphatic rings. The molecule has 0 bridgehead atoms. The van der Waals surface area contributed by atoms with E-state index < -0.39 is 30.4 Å². The predicted octanol–water partition coefficient (Wildman–Crippen LogP) is 2.74. The molecule has 2 aromatic carbocycles. The highest BCUT2D eigenvalue weighted by Crippen LogP contribution is 2.29. The van der Waals surface area contributed by atoms with E-state index in [-0.39, 0.29) is 5.57 Å². The van der Waals surface area contributed by atoms with E-state index in [1.165, 1.54) is 18.2 Å². The highest BCUT2D eigenvalue weighted by Gasteiger charge is 2.38. The largest absolute Gasteiger partial charge is 0.482 e. The molecule has 0 spiro atoms. The van der Waals surface area contributed by atoms with Gasteiger partial charge in [0.15, 0.2) is 6.61 Å². The van der Waals surface area contributed by atoms with Crippen molar-refractivity contribution < 1.29 is 29.0 Å². The smallest absolute Gasteiger partial charge is 0.341 e. The Hall–Kier alpha value is -3.94. The molecule has 0 saturated carbocycles. The highest BCUT2D eigenvalue weighted by atomic mass is 16.5. The maximum absolute atomic E-state index is 13.1. The standard InChI is InChI=1S/C22H20N2O6/c1-12-8-13(2)19(14(3)9-12)24-21(28)17(20(27)23-22(24)29)10-15-4-6-16(7-5-15)30-11-18(25)26/h4-10H,11H2,1-3H3,(H,25,26)(H,23,27,29). The van der Waals surface area contributed by atoms with Crippen LogP contribution in [0.5, 0.6) is 5.75 Å². The van der Waals surface area contributed by atoms with Crippen molar-refractivity contribution in [2.24, 2.45) is 0 Å². The molecular formula is C22H20N2O6. The first-order valence-electron chi connectivity index (χ1n) is 9.11. The fourth-order valence-corrected chi connectivity index (χ4v) is 3.36. The van der Waals surface area contributed by atoms with Crippen molar-refractivity contribution in [1.29, 1.82) is 0 Å². The number of ether oxygens (including phenoxy) is 1. The monoisotopic (exact) mass is 408 g/mol. The Labute approximate surface area is 172 Å². The molecule has 0 aliphatic carbocycles. The molecule has 4 amide bonds. The zero-order chi connectivity index (χ0) is 22.0. The Morgan fingerprint density at radius 1 is 1.07 bits per heavy atom. The molecule has 8 heteroatoms. The number of carbonyl (C=O) groups excluding carboxylic acids is 3. The average Bonchev–Trinajstić information content (AvgIpc) is 2.66. The molecule has 0 radical (unpaired) electrons. The lowest BCUT2D eigenvalue weighted by Gasteiger charge is -2.29. The van der Waals surface area contributed by atoms with E-state index in [1.54, 1.807) is 26.0 Å². The fourth-order valence-electron chi connectivity index (χ4n) is 3.36. The van der Waals surface area contributed by atoms with Gasteiger partial charge in [-0.3, -0.25) is 14.9 Å². The van der Waals surface area contributed by atoms with Gasteiger partial charge in [-0.1, -0.05) is 29.8 Å². The molecule has 8 nitrogen and oxygen atoms in total. The fraction of sp³-hybridized carbons (Fsp3) is 0.182. The normalized spacial score (nSPS) is 15.4. The number of carbonyl (C=O) groups is 4. The maximum atomic E-state index is 13.1. The molecule has 2 aromatic rings. The first kappa shape index (κ1) is 20.8. The SMILES string of the molecule is Cc1cc(C)c(N2C(=O)NC(=O)C(=Cc3ccc(OCC(=O)O)cc3)C2=O)c(C)c1. The maximum Gasteiger partial charge on any atom is 0.341 e. The number of nitrogens with one attached hydrogen (secondary N) is 1. The van der Waals surface area contributed by atoms with Crippen LogP contribution in [0.2, 0.25) is 0 Å². The van der Waals surface area contributed by atoms with E-state index in [0.29, 0.717) is 17.0 Å². The number of hydrogen-bond donors (Lipinski definition) is 2. The van der Waals surface area contributed by atoms with Gasteiger partial charge < -0.3 is 9.84 Å². The van der Waals surface area contributed by atoms with Crippen LogP contribution in [0, 0.1) is 20.8 Å². The van der Waals surface area contributed by atoms with Crippen LogP contribution in [0.25, 0.3) is 6.08 Å². The lowest BCUT2D eigenvalue weighted by Crippen LogP contribution is -2.54. The number of aliphatic carboxylic acids is 1. The van der Waals surface area contributed by atoms with Gasteiger partial charge in [0.2, 0.25) is 0 Å². The Morgan fingerprint density at radius 2 is 1.67 bits per heavy atom. The number of urea groups is 1. The van der Waals surface area contributed by atoms with Crippen LogP contribution in [0.3, 0.4) is 0 Å². The Morgan fingerprint density at radius 3 is 2.23 bits per heavy atom. The number of amides is 4. The number of carboxylic acids is 1. The first-order valence-corrected chi connectivity index (χ1v) is 9.11. The lowest BCUT2D eigenvalue weighted by molar-refractivity contribution is -0.139. The minimum atomic E-state index is -1.10. The van der Waals surface area contributed by atoms with Gasteiger partial charge in [-0.05, 0) is 55.7 Å². The van der Waals surface area contributed by atoms with Gasteiger partial charge in [-0.15, -0.1) is 0 Å². The van der Waals surface area contributed by atoms with E-state index in [9.17, 15) is 19.2 Å². The van der Waals surface area contributed by atoms with Gasteiger partial charge in [0.25, 0.3) is 11.8 Å². The summed E-state index contributed by atoms with van der Waals surface area (Å²) in [5, 5.41) is 10.9. The van der Waals surface area contributed by atoms with Gasteiger partial charge >= 0.3 is 12.0 Å². The minimum Gasteiger partial charge on any atom is -0.482 e. The summed E-state index contributed by atoms with van der Waals surface area (Å²) in [5.41, 5.74) is 3.25. The van der Waals surface area contributed by atoms with Gasteiger partial charge in [-0.2, -0.15) is 0 Å². The van der Waals surface area contributed by atoms with Crippen LogP contribution >= 0.6 is 0 Å². The van der Waals surface area contributed by atoms with Gasteiger partial charge in [0, 0.05) is 0 Å². The number of hydrogen-bond acceptors (Lipinski definition) is 5. The third kappa shape index (κ3) is 4.22. The zero-order valence-electron chi connectivity index (χ0n) is 16.7. The summed E-state index contributed by atoms with van der Waals surface area (Å²) in [6.07, 6.45) is 1.37. The number of anilines is 1. The van der Waals surface area contributed by atoms with Crippen molar-refractivity contribution in [2.45, 2.75) is 20.8 Å². The summed E-state index contributed by atoms with van der Waals surface area (Å²) in [5.74, 6) is -2.27. The van der Waals surface area contributed by atoms with Crippen LogP contribution in [-0.2, 0) is 14.4 Å². The van der Waals surface area contributed by atoms with Crippen molar-refractivity contribution in [3.05, 3.63) is 64.2 Å². The van der Waals surface area contributed by atoms with Gasteiger partial charge in [0.05, 0.1) is 5.69 Å². The van der Waals surface area contributed by atoms with Crippen LogP contribution in [-0.4, -0.2) is 35.5 Å². The molecule has 154 valence electrons. The molecule has 0 unspecified atom stereocenters. The summed E-state index contributed by atoms with van der Waals surface area (Å²) in [6, 6.07) is 9.13. The van der Waals surface area contributed by atoms with Crippen LogP contribution in [0.4, 0.5) is 10.5 Å². The van der Waals surface area contributed by atoms with Crippen molar-refractivity contribution >= 4 is 35.6 Å². The molecule has 3 rings (SSSR count). The van der Waals surface area contributed by atoms with E-state index in [1.807, 2.05) is 19.1 Å². The second-order valence-electron chi connectivity index (χ2n) is 6.96. The number of benzene rings is 2. The minimum absolute atomic E-state index is 0.187. The van der Waals surface area contributed by atoms with Gasteiger partial charge in [-0.25, -0.2) is 14.5 Å². The van der Waals surface area contributed by atoms with Crippen molar-refractivity contribution in [2.75, 3.05) is 11.5 Å². The summed E-state index contributed by atoms with van der Waals surface area (Å²) >= 11 is 0. The predicted molar refractivity (Wildman–Crippen MR) is 109 cm³/mol. The average molecular weight is 408 g/mol. The lowest BCUT2D eigenvalue weighted by atomic mass is 10.0.